The second-order valence-electron chi connectivity index (χ2n) is 4.45. The van der Waals surface area contributed by atoms with Crippen LogP contribution in [-0.4, -0.2) is 66.7 Å². The van der Waals surface area contributed by atoms with Gasteiger partial charge in [0.05, 0.1) is 11.8 Å². The van der Waals surface area contributed by atoms with Crippen molar-refractivity contribution in [3.05, 3.63) is 11.9 Å². The van der Waals surface area contributed by atoms with E-state index in [-0.39, 0.29) is 0 Å². The number of hydrogen-bond donors (Lipinski definition) is 3. The van der Waals surface area contributed by atoms with Gasteiger partial charge in [-0.25, -0.2) is 14.8 Å². The Balaban J connectivity index is 0.000000351. The minimum atomic E-state index is -5.08. The highest BCUT2D eigenvalue weighted by Gasteiger charge is 2.38. The molecule has 1 aliphatic rings. The number of rotatable bonds is 3. The number of nitrogens with one attached hydrogen (secondary N) is 1. The molecule has 12 heteroatoms. The number of carboxylic acid groups (broad SMARTS) is 1. The molecule has 0 atom stereocenters. The lowest BCUT2D eigenvalue weighted by Gasteiger charge is -2.29. The molecule has 1 saturated heterocycles. The summed E-state index contributed by atoms with van der Waals surface area (Å²) < 4.78 is 31.7. The van der Waals surface area contributed by atoms with Crippen molar-refractivity contribution in [1.82, 2.24) is 15.3 Å². The van der Waals surface area contributed by atoms with Crippen LogP contribution in [0.1, 0.15) is 5.56 Å². The van der Waals surface area contributed by atoms with Crippen molar-refractivity contribution in [1.29, 1.82) is 0 Å². The molecule has 0 aromatic carbocycles. The number of aliphatic carboxylic acids is 1. The predicted octanol–water partition coefficient (Wildman–Crippen LogP) is 0.0820. The highest BCUT2D eigenvalue weighted by Crippen LogP contribution is 2.19. The van der Waals surface area contributed by atoms with E-state index in [0.717, 1.165) is 32.0 Å². The van der Waals surface area contributed by atoms with E-state index in [1.807, 2.05) is 0 Å². The minimum Gasteiger partial charge on any atom is -0.475 e. The number of aromatic nitrogens is 2. The van der Waals surface area contributed by atoms with Gasteiger partial charge in [0.25, 0.3) is 0 Å². The van der Waals surface area contributed by atoms with Gasteiger partial charge in [-0.05, 0) is 0 Å². The SMILES string of the molecule is CON=Cc1c(N)ncnc1N1CCNCC1.O=C(O)C(F)(F)F. The molecule has 0 amide bonds. The minimum absolute atomic E-state index is 0.411. The van der Waals surface area contributed by atoms with Crippen LogP contribution in [0.4, 0.5) is 24.8 Å². The Morgan fingerprint density at radius 3 is 2.54 bits per heavy atom. The average molecular weight is 350 g/mol. The van der Waals surface area contributed by atoms with Gasteiger partial charge in [0.1, 0.15) is 25.1 Å². The van der Waals surface area contributed by atoms with Crippen LogP contribution in [0.3, 0.4) is 0 Å². The van der Waals surface area contributed by atoms with Crippen LogP contribution in [0.2, 0.25) is 0 Å². The highest BCUT2D eigenvalue weighted by atomic mass is 19.4. The summed E-state index contributed by atoms with van der Waals surface area (Å²) in [5.74, 6) is -1.54. The van der Waals surface area contributed by atoms with E-state index in [4.69, 9.17) is 15.6 Å². The van der Waals surface area contributed by atoms with Crippen LogP contribution in [-0.2, 0) is 9.63 Å². The largest absolute Gasteiger partial charge is 0.490 e. The summed E-state index contributed by atoms with van der Waals surface area (Å²) in [7, 11) is 1.49. The lowest BCUT2D eigenvalue weighted by molar-refractivity contribution is -0.192. The number of hydrogen-bond acceptors (Lipinski definition) is 8. The molecule has 1 aliphatic heterocycles. The standard InChI is InChI=1S/C10H16N6O.C2HF3O2/c1-17-15-6-8-9(11)13-7-14-10(8)16-4-2-12-3-5-16;3-2(4,5)1(6)7/h6-7,12H,2-5H2,1H3,(H2,11,13,14);(H,6,7). The van der Waals surface area contributed by atoms with Crippen molar-refractivity contribution in [2.75, 3.05) is 43.9 Å². The van der Waals surface area contributed by atoms with Crippen molar-refractivity contribution < 1.29 is 27.9 Å². The first kappa shape index (κ1) is 19.4. The lowest BCUT2D eigenvalue weighted by atomic mass is 10.2. The molecule has 0 aliphatic carbocycles. The van der Waals surface area contributed by atoms with Crippen molar-refractivity contribution in [2.45, 2.75) is 6.18 Å². The molecule has 24 heavy (non-hydrogen) atoms. The second kappa shape index (κ2) is 8.86. The number of carboxylic acids is 1. The van der Waals surface area contributed by atoms with Crippen LogP contribution in [0.15, 0.2) is 11.5 Å². The van der Waals surface area contributed by atoms with Gasteiger partial charge in [-0.2, -0.15) is 13.2 Å². The molecule has 9 nitrogen and oxygen atoms in total. The van der Waals surface area contributed by atoms with Crippen molar-refractivity contribution in [3.8, 4) is 0 Å². The predicted molar refractivity (Wildman–Crippen MR) is 79.8 cm³/mol. The highest BCUT2D eigenvalue weighted by molar-refractivity contribution is 5.91. The van der Waals surface area contributed by atoms with Crippen molar-refractivity contribution >= 4 is 23.8 Å². The second-order valence-corrected chi connectivity index (χ2v) is 4.45. The molecule has 1 aromatic heterocycles. The summed E-state index contributed by atoms with van der Waals surface area (Å²) in [5, 5.41) is 14.1. The molecule has 0 bridgehead atoms. The maximum atomic E-state index is 10.6. The Morgan fingerprint density at radius 2 is 2.04 bits per heavy atom. The molecule has 1 fully saturated rings. The van der Waals surface area contributed by atoms with Gasteiger partial charge in [0.2, 0.25) is 0 Å². The summed E-state index contributed by atoms with van der Waals surface area (Å²) >= 11 is 0. The Hall–Kier alpha value is -2.63. The molecule has 2 rings (SSSR count). The van der Waals surface area contributed by atoms with Crippen molar-refractivity contribution in [2.24, 2.45) is 5.16 Å². The average Bonchev–Trinajstić information content (AvgIpc) is 2.54. The fourth-order valence-electron chi connectivity index (χ4n) is 1.76. The number of piperazine rings is 1. The van der Waals surface area contributed by atoms with Gasteiger partial charge < -0.3 is 25.9 Å². The van der Waals surface area contributed by atoms with Gasteiger partial charge in [-0.1, -0.05) is 5.16 Å². The molecule has 4 N–H and O–H groups in total. The first-order valence-electron chi connectivity index (χ1n) is 6.70. The Bertz CT molecular complexity index is 576. The zero-order chi connectivity index (χ0) is 18.2. The number of alkyl halides is 3. The molecule has 0 radical (unpaired) electrons. The van der Waals surface area contributed by atoms with E-state index in [0.29, 0.717) is 11.4 Å². The third-order valence-electron chi connectivity index (χ3n) is 2.84. The number of nitrogens with zero attached hydrogens (tertiary/aromatic N) is 4. The summed E-state index contributed by atoms with van der Waals surface area (Å²) in [6.45, 7) is 3.66. The first-order valence-corrected chi connectivity index (χ1v) is 6.70. The quantitative estimate of drug-likeness (QED) is 0.517. The van der Waals surface area contributed by atoms with E-state index in [9.17, 15) is 13.2 Å². The number of nitrogen functional groups attached to an aromatic ring is 1. The van der Waals surface area contributed by atoms with Crippen molar-refractivity contribution in [3.63, 3.8) is 0 Å². The smallest absolute Gasteiger partial charge is 0.475 e. The monoisotopic (exact) mass is 350 g/mol. The topological polar surface area (TPSA) is 126 Å². The van der Waals surface area contributed by atoms with Gasteiger partial charge in [0.15, 0.2) is 0 Å². The number of carbonyl (C=O) groups is 1. The van der Waals surface area contributed by atoms with Gasteiger partial charge in [-0.15, -0.1) is 0 Å². The normalized spacial score (nSPS) is 14.9. The van der Waals surface area contributed by atoms with Gasteiger partial charge in [-0.3, -0.25) is 0 Å². The third-order valence-corrected chi connectivity index (χ3v) is 2.84. The van der Waals surface area contributed by atoms with Crippen LogP contribution in [0.25, 0.3) is 0 Å². The Labute approximate surface area is 135 Å². The zero-order valence-electron chi connectivity index (χ0n) is 12.7. The first-order chi connectivity index (χ1) is 11.3. The zero-order valence-corrected chi connectivity index (χ0v) is 12.7. The van der Waals surface area contributed by atoms with Crippen LogP contribution < -0.4 is 16.0 Å². The van der Waals surface area contributed by atoms with E-state index in [1.165, 1.54) is 13.4 Å². The fourth-order valence-corrected chi connectivity index (χ4v) is 1.76. The Morgan fingerprint density at radius 1 is 1.46 bits per heavy atom. The molecule has 0 saturated carbocycles. The molecule has 0 unspecified atom stereocenters. The third kappa shape index (κ3) is 5.87. The summed E-state index contributed by atoms with van der Waals surface area (Å²) in [4.78, 5) is 24.0. The summed E-state index contributed by atoms with van der Waals surface area (Å²) in [5.41, 5.74) is 6.53. The number of oxime groups is 1. The van der Waals surface area contributed by atoms with Crippen LogP contribution in [0.5, 0.6) is 0 Å². The molecule has 2 heterocycles. The molecular weight excluding hydrogens is 333 g/mol. The van der Waals surface area contributed by atoms with Gasteiger partial charge >= 0.3 is 12.1 Å². The number of nitrogens with two attached hydrogens (primary N) is 1. The lowest BCUT2D eigenvalue weighted by Crippen LogP contribution is -2.44. The maximum absolute atomic E-state index is 10.6. The van der Waals surface area contributed by atoms with E-state index in [2.05, 4.69) is 30.2 Å². The van der Waals surface area contributed by atoms with Gasteiger partial charge in [0, 0.05) is 26.2 Å². The van der Waals surface area contributed by atoms with E-state index >= 15 is 0 Å². The van der Waals surface area contributed by atoms with E-state index in [1.54, 1.807) is 6.21 Å². The van der Waals surface area contributed by atoms with Crippen LogP contribution in [0, 0.1) is 0 Å². The maximum Gasteiger partial charge on any atom is 0.490 e. The number of anilines is 2. The Kier molecular flexibility index (Phi) is 7.17. The summed E-state index contributed by atoms with van der Waals surface area (Å²) in [6, 6.07) is 0. The molecule has 0 spiro atoms. The van der Waals surface area contributed by atoms with Crippen LogP contribution >= 0.6 is 0 Å². The number of halogens is 3. The van der Waals surface area contributed by atoms with E-state index < -0.39 is 12.1 Å². The molecule has 134 valence electrons. The fraction of sp³-hybridized carbons (Fsp3) is 0.500. The molecular formula is C12H17F3N6O3. The molecule has 1 aromatic rings. The summed E-state index contributed by atoms with van der Waals surface area (Å²) in [6.07, 6.45) is -2.07.